The molecule has 7 rings (SSSR count). The molecule has 0 saturated heterocycles. The minimum absolute atomic E-state index is 0.296. The third-order valence-electron chi connectivity index (χ3n) is 7.66. The summed E-state index contributed by atoms with van der Waals surface area (Å²) in [5.74, 6) is 3.74. The number of aromatic nitrogens is 6. The van der Waals surface area contributed by atoms with Crippen LogP contribution in [0.4, 0.5) is 5.82 Å². The van der Waals surface area contributed by atoms with Gasteiger partial charge in [0, 0.05) is 24.5 Å². The summed E-state index contributed by atoms with van der Waals surface area (Å²) in [4.78, 5) is 22.0. The van der Waals surface area contributed by atoms with Crippen LogP contribution in [0.2, 0.25) is 5.15 Å². The lowest BCUT2D eigenvalue weighted by Crippen LogP contribution is -2.47. The van der Waals surface area contributed by atoms with Gasteiger partial charge in [0.05, 0.1) is 17.1 Å². The van der Waals surface area contributed by atoms with Crippen molar-refractivity contribution in [1.82, 2.24) is 29.5 Å². The predicted molar refractivity (Wildman–Crippen MR) is 128 cm³/mol. The lowest BCUT2D eigenvalue weighted by atomic mass is 9.62. The monoisotopic (exact) mass is 449 g/mol. The summed E-state index contributed by atoms with van der Waals surface area (Å²) < 4.78 is 2.20. The number of nitrogens with zero attached hydrogens (tertiary/aromatic N) is 5. The van der Waals surface area contributed by atoms with Gasteiger partial charge in [-0.05, 0) is 63.4 Å². The largest absolute Gasteiger partial charge is 0.366 e. The Balaban J connectivity index is 1.51. The second kappa shape index (κ2) is 7.44. The van der Waals surface area contributed by atoms with Gasteiger partial charge in [0.15, 0.2) is 11.5 Å². The molecule has 0 unspecified atom stereocenters. The smallest absolute Gasteiger partial charge is 0.167 e. The highest BCUT2D eigenvalue weighted by molar-refractivity contribution is 6.29. The van der Waals surface area contributed by atoms with Crippen LogP contribution in [0, 0.1) is 17.8 Å². The van der Waals surface area contributed by atoms with Crippen LogP contribution in [0.3, 0.4) is 0 Å². The van der Waals surface area contributed by atoms with Crippen molar-refractivity contribution >= 4 is 39.6 Å². The molecule has 4 aromatic rings. The van der Waals surface area contributed by atoms with Crippen molar-refractivity contribution in [2.75, 3.05) is 5.32 Å². The first-order chi connectivity index (χ1) is 15.5. The number of hydrogen-bond donors (Lipinski definition) is 2. The van der Waals surface area contributed by atoms with Gasteiger partial charge >= 0.3 is 0 Å². The summed E-state index contributed by atoms with van der Waals surface area (Å²) in [6, 6.07) is 2.89. The second-order valence-corrected chi connectivity index (χ2v) is 10.1. The zero-order valence-electron chi connectivity index (χ0n) is 18.6. The fourth-order valence-corrected chi connectivity index (χ4v) is 6.01. The number of fused-ring (bicyclic) bond motifs is 5. The van der Waals surface area contributed by atoms with Crippen LogP contribution < -0.4 is 5.32 Å². The third kappa shape index (κ3) is 3.09. The molecule has 8 heteroatoms. The molecule has 0 radical (unpaired) electrons. The van der Waals surface area contributed by atoms with E-state index >= 15 is 0 Å². The summed E-state index contributed by atoms with van der Waals surface area (Å²) in [6.45, 7) is 6.75. The van der Waals surface area contributed by atoms with Crippen LogP contribution in [0.25, 0.3) is 33.6 Å². The molecule has 0 aliphatic heterocycles. The third-order valence-corrected chi connectivity index (χ3v) is 7.84. The zero-order chi connectivity index (χ0) is 22.0. The summed E-state index contributed by atoms with van der Waals surface area (Å²) in [7, 11) is 0. The van der Waals surface area contributed by atoms with E-state index in [4.69, 9.17) is 21.6 Å². The Morgan fingerprint density at radius 1 is 1.12 bits per heavy atom. The van der Waals surface area contributed by atoms with Crippen molar-refractivity contribution in [1.29, 1.82) is 0 Å². The molecule has 166 valence electrons. The van der Waals surface area contributed by atoms with E-state index in [2.05, 4.69) is 57.9 Å². The van der Waals surface area contributed by atoms with Gasteiger partial charge in [-0.25, -0.2) is 19.9 Å². The number of nitrogens with one attached hydrogen (secondary N) is 2. The van der Waals surface area contributed by atoms with Gasteiger partial charge in [-0.3, -0.25) is 0 Å². The number of hydrogen-bond acceptors (Lipinski definition) is 5. The highest BCUT2D eigenvalue weighted by Crippen LogP contribution is 2.46. The highest BCUT2D eigenvalue weighted by Gasteiger charge is 2.41. The fraction of sp³-hybridized carbons (Fsp3) is 0.500. The fourth-order valence-electron chi connectivity index (χ4n) is 5.88. The van der Waals surface area contributed by atoms with Crippen molar-refractivity contribution in [3.05, 3.63) is 29.8 Å². The molecule has 0 spiro atoms. The van der Waals surface area contributed by atoms with Crippen molar-refractivity contribution in [3.8, 4) is 11.4 Å². The Bertz CT molecular complexity index is 1300. The van der Waals surface area contributed by atoms with E-state index in [9.17, 15) is 0 Å². The Labute approximate surface area is 192 Å². The minimum atomic E-state index is 0.296. The molecule has 2 atom stereocenters. The first-order valence-electron chi connectivity index (χ1n) is 11.6. The molecule has 3 aliphatic rings. The van der Waals surface area contributed by atoms with E-state index in [-0.39, 0.29) is 0 Å². The first kappa shape index (κ1) is 20.0. The molecule has 3 fully saturated rings. The van der Waals surface area contributed by atoms with Gasteiger partial charge in [-0.2, -0.15) is 0 Å². The average molecular weight is 450 g/mol. The number of halogens is 1. The summed E-state index contributed by atoms with van der Waals surface area (Å²) in [5, 5.41) is 5.31. The molecule has 4 aromatic heterocycles. The van der Waals surface area contributed by atoms with E-state index in [0.717, 1.165) is 28.3 Å². The van der Waals surface area contributed by atoms with Gasteiger partial charge in [-0.1, -0.05) is 18.5 Å². The number of aromatic amines is 1. The van der Waals surface area contributed by atoms with Crippen molar-refractivity contribution in [2.24, 2.45) is 17.8 Å². The Morgan fingerprint density at radius 3 is 2.66 bits per heavy atom. The molecule has 3 saturated carbocycles. The van der Waals surface area contributed by atoms with Gasteiger partial charge in [0.1, 0.15) is 22.1 Å². The Kier molecular flexibility index (Phi) is 4.64. The van der Waals surface area contributed by atoms with Gasteiger partial charge in [0.25, 0.3) is 0 Å². The van der Waals surface area contributed by atoms with Crippen LogP contribution >= 0.6 is 11.6 Å². The van der Waals surface area contributed by atoms with Crippen LogP contribution in [0.1, 0.15) is 52.5 Å². The quantitative estimate of drug-likeness (QED) is 0.408. The summed E-state index contributed by atoms with van der Waals surface area (Å²) >= 11 is 6.15. The zero-order valence-corrected chi connectivity index (χ0v) is 19.4. The first-order valence-corrected chi connectivity index (χ1v) is 12.0. The van der Waals surface area contributed by atoms with Gasteiger partial charge in [0.2, 0.25) is 0 Å². The molecule has 2 N–H and O–H groups in total. The molecular weight excluding hydrogens is 422 g/mol. The Morgan fingerprint density at radius 2 is 1.91 bits per heavy atom. The van der Waals surface area contributed by atoms with Gasteiger partial charge in [-0.15, -0.1) is 0 Å². The summed E-state index contributed by atoms with van der Waals surface area (Å²) in [6.07, 6.45) is 10.9. The molecule has 32 heavy (non-hydrogen) atoms. The molecule has 2 bridgehead atoms. The maximum absolute atomic E-state index is 6.15. The second-order valence-electron chi connectivity index (χ2n) is 9.75. The molecule has 4 heterocycles. The molecule has 0 aromatic carbocycles. The average Bonchev–Trinajstić information content (AvgIpc) is 3.40. The van der Waals surface area contributed by atoms with Crippen LogP contribution in [0.5, 0.6) is 0 Å². The maximum Gasteiger partial charge on any atom is 0.167 e. The van der Waals surface area contributed by atoms with Crippen LogP contribution in [0.15, 0.2) is 24.7 Å². The van der Waals surface area contributed by atoms with Crippen LogP contribution in [-0.4, -0.2) is 35.5 Å². The van der Waals surface area contributed by atoms with Crippen LogP contribution in [-0.2, 0) is 0 Å². The predicted octanol–water partition coefficient (Wildman–Crippen LogP) is 5.84. The Hall–Kier alpha value is -2.67. The molecular formula is C24H28ClN7. The summed E-state index contributed by atoms with van der Waals surface area (Å²) in [5.41, 5.74) is 3.12. The lowest BCUT2D eigenvalue weighted by Gasteiger charge is -2.47. The van der Waals surface area contributed by atoms with E-state index < -0.39 is 0 Å². The number of rotatable bonds is 4. The van der Waals surface area contributed by atoms with E-state index in [1.54, 1.807) is 6.20 Å². The van der Waals surface area contributed by atoms with E-state index in [1.807, 2.05) is 6.20 Å². The minimum Gasteiger partial charge on any atom is -0.366 e. The number of anilines is 1. The van der Waals surface area contributed by atoms with Crippen molar-refractivity contribution < 1.29 is 0 Å². The van der Waals surface area contributed by atoms with E-state index in [0.29, 0.717) is 46.1 Å². The van der Waals surface area contributed by atoms with Gasteiger partial charge < -0.3 is 14.9 Å². The molecule has 0 amide bonds. The highest BCUT2D eigenvalue weighted by atomic mass is 35.5. The molecule has 3 aliphatic carbocycles. The molecule has 7 nitrogen and oxygen atoms in total. The van der Waals surface area contributed by atoms with E-state index in [1.165, 1.54) is 25.7 Å². The van der Waals surface area contributed by atoms with Crippen molar-refractivity contribution in [2.45, 2.75) is 58.5 Å². The maximum atomic E-state index is 6.15. The standard InChI is InChI=1S/C24H28ClN7/c1-12(2)32-9-8-16-21(29-19-13(3)14-4-6-15(19)7-5-14)30-22(31-24(16)32)17-10-26-23-20(17)28-18(25)11-27-23/h8-15,19H,4-7H2,1-3H3,(H,26,27)(H,29,30,31)/t13-,14?,15?,19+/m0/s1. The normalized spacial score (nSPS) is 25.3. The number of H-pyrrole nitrogens is 1. The lowest BCUT2D eigenvalue weighted by molar-refractivity contribution is 0.0929. The van der Waals surface area contributed by atoms with Crippen molar-refractivity contribution in [3.63, 3.8) is 0 Å². The topological polar surface area (TPSA) is 84.3 Å². The SMILES string of the molecule is CC(C)n1ccc2c(N[C@H]3C4CCC(CC4)[C@@H]3C)nc(-c3c[nH]c4ncc(Cl)nc34)nc21.